The van der Waals surface area contributed by atoms with Gasteiger partial charge in [0.1, 0.15) is 12.6 Å². The number of carbonyl (C=O) groups excluding carboxylic acids is 2. The highest BCUT2D eigenvalue weighted by Crippen LogP contribution is 2.46. The molecule has 1 N–H and O–H groups in total. The average molecular weight is 838 g/mol. The molecule has 9 rings (SSSR count). The Labute approximate surface area is 370 Å². The van der Waals surface area contributed by atoms with Gasteiger partial charge in [-0.3, -0.25) is 0 Å². The van der Waals surface area contributed by atoms with Crippen molar-refractivity contribution >= 4 is 34.4 Å². The molecule has 1 amide bonds. The summed E-state index contributed by atoms with van der Waals surface area (Å²) < 4.78 is 13.1. The van der Waals surface area contributed by atoms with E-state index in [0.717, 1.165) is 49.7 Å². The lowest BCUT2D eigenvalue weighted by molar-refractivity contribution is -0.156. The molecule has 0 bridgehead atoms. The molecular formula is C56H52ClNO4. The van der Waals surface area contributed by atoms with E-state index in [1.807, 2.05) is 109 Å². The van der Waals surface area contributed by atoms with E-state index in [1.54, 1.807) is 0 Å². The highest BCUT2D eigenvalue weighted by Gasteiger charge is 2.44. The minimum atomic E-state index is -1.46. The van der Waals surface area contributed by atoms with E-state index >= 15 is 4.79 Å². The topological polar surface area (TPSA) is 64.6 Å². The Morgan fingerprint density at radius 1 is 0.613 bits per heavy atom. The van der Waals surface area contributed by atoms with Crippen molar-refractivity contribution in [1.82, 2.24) is 5.32 Å². The third-order valence-electron chi connectivity index (χ3n) is 13.0. The molecule has 1 saturated carbocycles. The number of hydrogen-bond acceptors (Lipinski definition) is 4. The highest BCUT2D eigenvalue weighted by molar-refractivity contribution is 6.31. The molecule has 5 nitrogen and oxygen atoms in total. The van der Waals surface area contributed by atoms with Gasteiger partial charge in [0.15, 0.2) is 5.60 Å². The first-order valence-electron chi connectivity index (χ1n) is 22.2. The van der Waals surface area contributed by atoms with Crippen LogP contribution in [0.15, 0.2) is 170 Å². The second kappa shape index (κ2) is 18.8. The van der Waals surface area contributed by atoms with Crippen molar-refractivity contribution in [2.75, 3.05) is 6.61 Å². The van der Waals surface area contributed by atoms with Crippen LogP contribution in [0.5, 0.6) is 0 Å². The van der Waals surface area contributed by atoms with E-state index in [0.29, 0.717) is 16.5 Å². The first-order chi connectivity index (χ1) is 30.5. The summed E-state index contributed by atoms with van der Waals surface area (Å²) in [5.74, 6) is -0.278. The third-order valence-corrected chi connectivity index (χ3v) is 13.3. The van der Waals surface area contributed by atoms with Crippen molar-refractivity contribution < 1.29 is 19.1 Å². The van der Waals surface area contributed by atoms with Gasteiger partial charge in [-0.05, 0) is 69.0 Å². The van der Waals surface area contributed by atoms with Gasteiger partial charge in [0.05, 0.1) is 0 Å². The third kappa shape index (κ3) is 8.64. The Morgan fingerprint density at radius 3 is 1.89 bits per heavy atom. The number of esters is 1. The molecule has 312 valence electrons. The van der Waals surface area contributed by atoms with Crippen molar-refractivity contribution in [3.63, 3.8) is 0 Å². The Hall–Kier alpha value is -6.17. The van der Waals surface area contributed by atoms with Crippen LogP contribution in [0, 0.1) is 0 Å². The molecule has 2 atom stereocenters. The smallest absolute Gasteiger partial charge is 0.407 e. The zero-order valence-electron chi connectivity index (χ0n) is 35.0. The van der Waals surface area contributed by atoms with Crippen molar-refractivity contribution in [1.29, 1.82) is 0 Å². The number of benzene rings is 7. The fourth-order valence-corrected chi connectivity index (χ4v) is 10.1. The predicted octanol–water partition coefficient (Wildman–Crippen LogP) is 13.7. The summed E-state index contributed by atoms with van der Waals surface area (Å²) in [6, 6.07) is 55.5. The molecule has 0 aliphatic heterocycles. The number of ether oxygens (including phenoxy) is 2. The lowest BCUT2D eigenvalue weighted by Gasteiger charge is -2.37. The van der Waals surface area contributed by atoms with Gasteiger partial charge in [-0.25, -0.2) is 9.59 Å². The number of hydrogen-bond donors (Lipinski definition) is 1. The number of nitrogens with one attached hydrogen (secondary N) is 1. The van der Waals surface area contributed by atoms with Crippen molar-refractivity contribution in [2.45, 2.75) is 81.3 Å². The fraction of sp³-hybridized carbons (Fsp3) is 0.250. The van der Waals surface area contributed by atoms with Crippen LogP contribution in [0.3, 0.4) is 0 Å². The normalized spacial score (nSPS) is 15.8. The quantitative estimate of drug-likeness (QED) is 0.104. The van der Waals surface area contributed by atoms with Gasteiger partial charge in [-0.1, -0.05) is 214 Å². The molecule has 1 fully saturated rings. The van der Waals surface area contributed by atoms with E-state index in [9.17, 15) is 4.79 Å². The van der Waals surface area contributed by atoms with E-state index < -0.39 is 23.7 Å². The first-order valence-corrected chi connectivity index (χ1v) is 22.6. The summed E-state index contributed by atoms with van der Waals surface area (Å²) in [7, 11) is 0. The van der Waals surface area contributed by atoms with Crippen LogP contribution in [0.1, 0.15) is 102 Å². The van der Waals surface area contributed by atoms with Crippen LogP contribution in [0.4, 0.5) is 4.79 Å². The number of rotatable bonds is 11. The SMILES string of the molecule is O=C(N[C@@H](Cc1ccc2ccccc2c1)C(=O)OC(c1ccccc1)(c1ccc(C2CCCCCCCC2)cc1)c1ccccc1Cl)OCC1c2ccccc2-c2ccccc21. The molecule has 7 aromatic carbocycles. The molecule has 0 spiro atoms. The van der Waals surface area contributed by atoms with Crippen LogP contribution in [-0.2, 0) is 26.3 Å². The van der Waals surface area contributed by atoms with Crippen molar-refractivity contribution in [3.8, 4) is 11.1 Å². The molecule has 0 aromatic heterocycles. The number of fused-ring (bicyclic) bond motifs is 4. The number of carbonyl (C=O) groups is 2. The second-order valence-electron chi connectivity index (χ2n) is 16.9. The standard InChI is InChI=1S/C56H52ClNO4/c57-52-29-17-16-28-51(52)56(44-22-8-5-9-23-44,45-34-32-42(33-35-45)40-18-6-3-1-2-4-7-19-40)62-54(59)53(37-39-30-31-41-20-10-11-21-43(41)36-39)58-55(60)61-38-50-48-26-14-12-24-46(48)47-25-13-15-27-49(47)50/h5,8-17,20-36,40,50,53H,1-4,6-7,18-19,37-38H2,(H,58,60)/t53-,56?/m0/s1. The van der Waals surface area contributed by atoms with E-state index in [2.05, 4.69) is 66.0 Å². The van der Waals surface area contributed by atoms with E-state index in [4.69, 9.17) is 21.1 Å². The largest absolute Gasteiger partial charge is 0.449 e. The first kappa shape index (κ1) is 41.2. The highest BCUT2D eigenvalue weighted by atomic mass is 35.5. The Bertz CT molecular complexity index is 2600. The average Bonchev–Trinajstić information content (AvgIpc) is 3.70. The maximum atomic E-state index is 15.3. The molecule has 2 aliphatic carbocycles. The zero-order chi connectivity index (χ0) is 42.3. The van der Waals surface area contributed by atoms with Crippen molar-refractivity contribution in [2.24, 2.45) is 0 Å². The summed E-state index contributed by atoms with van der Waals surface area (Å²) in [5, 5.41) is 5.55. The Kier molecular flexibility index (Phi) is 12.5. The summed E-state index contributed by atoms with van der Waals surface area (Å²) in [4.78, 5) is 29.3. The lowest BCUT2D eigenvalue weighted by atomic mass is 9.78. The number of amides is 1. The number of alkyl carbamates (subject to hydrolysis) is 1. The van der Waals surface area contributed by atoms with Crippen LogP contribution < -0.4 is 5.32 Å². The van der Waals surface area contributed by atoms with Gasteiger partial charge < -0.3 is 14.8 Å². The lowest BCUT2D eigenvalue weighted by Crippen LogP contribution is -2.47. The molecule has 0 radical (unpaired) electrons. The summed E-state index contributed by atoms with van der Waals surface area (Å²) >= 11 is 7.14. The monoisotopic (exact) mass is 837 g/mol. The molecule has 0 saturated heterocycles. The van der Waals surface area contributed by atoms with Gasteiger partial charge in [0.25, 0.3) is 0 Å². The van der Waals surface area contributed by atoms with Crippen LogP contribution in [-0.4, -0.2) is 24.7 Å². The summed E-state index contributed by atoms with van der Waals surface area (Å²) in [6.07, 6.45) is 9.44. The van der Waals surface area contributed by atoms with Gasteiger partial charge >= 0.3 is 12.1 Å². The van der Waals surface area contributed by atoms with Gasteiger partial charge in [0, 0.05) is 34.1 Å². The molecule has 6 heteroatoms. The molecule has 62 heavy (non-hydrogen) atoms. The maximum absolute atomic E-state index is 15.3. The van der Waals surface area contributed by atoms with E-state index in [1.165, 1.54) is 56.9 Å². The van der Waals surface area contributed by atoms with Crippen LogP contribution in [0.25, 0.3) is 21.9 Å². The Balaban J connectivity index is 1.07. The maximum Gasteiger partial charge on any atom is 0.407 e. The predicted molar refractivity (Wildman–Crippen MR) is 250 cm³/mol. The minimum Gasteiger partial charge on any atom is -0.449 e. The molecule has 0 heterocycles. The molecule has 7 aromatic rings. The van der Waals surface area contributed by atoms with Crippen molar-refractivity contribution in [3.05, 3.63) is 214 Å². The molecular weight excluding hydrogens is 786 g/mol. The Morgan fingerprint density at radius 2 is 1.19 bits per heavy atom. The van der Waals surface area contributed by atoms with E-state index in [-0.39, 0.29) is 18.9 Å². The van der Waals surface area contributed by atoms with Crippen LogP contribution >= 0.6 is 11.6 Å². The second-order valence-corrected chi connectivity index (χ2v) is 17.3. The van der Waals surface area contributed by atoms with Gasteiger partial charge in [-0.15, -0.1) is 0 Å². The summed E-state index contributed by atoms with van der Waals surface area (Å²) in [5.41, 5.74) is 7.33. The zero-order valence-corrected chi connectivity index (χ0v) is 35.7. The van der Waals surface area contributed by atoms with Gasteiger partial charge in [-0.2, -0.15) is 0 Å². The van der Waals surface area contributed by atoms with Crippen LogP contribution in [0.2, 0.25) is 5.02 Å². The molecule has 2 aliphatic rings. The fourth-order valence-electron chi connectivity index (χ4n) is 9.83. The minimum absolute atomic E-state index is 0.110. The number of halogens is 1. The summed E-state index contributed by atoms with van der Waals surface area (Å²) in [6.45, 7) is 0.110. The van der Waals surface area contributed by atoms with Gasteiger partial charge in [0.2, 0.25) is 0 Å². The molecule has 1 unspecified atom stereocenters.